The minimum absolute atomic E-state index is 0.525. The van der Waals surface area contributed by atoms with E-state index in [1.54, 1.807) is 28.0 Å². The molecule has 0 bridgehead atoms. The van der Waals surface area contributed by atoms with Crippen molar-refractivity contribution >= 4 is 16.7 Å². The second-order valence-electron chi connectivity index (χ2n) is 5.55. The van der Waals surface area contributed by atoms with Gasteiger partial charge in [-0.15, -0.1) is 5.10 Å². The summed E-state index contributed by atoms with van der Waals surface area (Å²) in [7, 11) is 0. The highest BCUT2D eigenvalue weighted by Crippen LogP contribution is 2.22. The first kappa shape index (κ1) is 13.0. The van der Waals surface area contributed by atoms with Gasteiger partial charge in [0.1, 0.15) is 6.33 Å². The summed E-state index contributed by atoms with van der Waals surface area (Å²) in [5, 5.41) is 9.71. The summed E-state index contributed by atoms with van der Waals surface area (Å²) < 4.78 is 8.81. The molecule has 7 nitrogen and oxygen atoms in total. The summed E-state index contributed by atoms with van der Waals surface area (Å²) >= 11 is 0. The summed E-state index contributed by atoms with van der Waals surface area (Å²) in [5.74, 6) is 1.15. The maximum atomic E-state index is 5.37. The van der Waals surface area contributed by atoms with E-state index in [1.807, 2.05) is 36.4 Å². The van der Waals surface area contributed by atoms with Crippen molar-refractivity contribution in [2.24, 2.45) is 0 Å². The molecule has 0 aliphatic carbocycles. The Morgan fingerprint density at radius 3 is 2.71 bits per heavy atom. The fourth-order valence-electron chi connectivity index (χ4n) is 2.71. The van der Waals surface area contributed by atoms with Crippen LogP contribution in [-0.4, -0.2) is 29.4 Å². The van der Waals surface area contributed by atoms with Gasteiger partial charge in [0.15, 0.2) is 17.1 Å². The van der Waals surface area contributed by atoms with Crippen LogP contribution in [0.1, 0.15) is 5.56 Å². The first-order chi connectivity index (χ1) is 11.8. The summed E-state index contributed by atoms with van der Waals surface area (Å²) in [6.45, 7) is 2.05. The van der Waals surface area contributed by atoms with Crippen LogP contribution in [0, 0.1) is 6.92 Å². The Balaban J connectivity index is 1.73. The van der Waals surface area contributed by atoms with Gasteiger partial charge in [0.25, 0.3) is 0 Å². The Kier molecular flexibility index (Phi) is 2.58. The van der Waals surface area contributed by atoms with E-state index in [2.05, 4.69) is 27.1 Å². The average molecular weight is 316 g/mol. The molecule has 0 unspecified atom stereocenters. The van der Waals surface area contributed by atoms with Gasteiger partial charge >= 0.3 is 0 Å². The van der Waals surface area contributed by atoms with Gasteiger partial charge < -0.3 is 4.42 Å². The normalized spacial score (nSPS) is 11.5. The molecule has 0 aliphatic rings. The minimum atomic E-state index is 0.525. The van der Waals surface area contributed by atoms with Crippen LogP contribution in [0.25, 0.3) is 34.0 Å². The number of aromatic nitrogens is 6. The van der Waals surface area contributed by atoms with Crippen molar-refractivity contribution in [3.63, 3.8) is 0 Å². The van der Waals surface area contributed by atoms with Crippen molar-refractivity contribution in [1.82, 2.24) is 29.4 Å². The van der Waals surface area contributed by atoms with E-state index in [-0.39, 0.29) is 0 Å². The molecule has 0 saturated heterocycles. The molecule has 0 amide bonds. The quantitative estimate of drug-likeness (QED) is 0.500. The van der Waals surface area contributed by atoms with E-state index >= 15 is 0 Å². The standard InChI is InChI=1S/C17H12N6O/c1-11-4-6-12(7-5-11)23-16-13(9-19-23)17-20-15(14-3-2-8-24-14)21-22(17)10-18-16/h2-10H,1H3. The Morgan fingerprint density at radius 1 is 1.04 bits per heavy atom. The van der Waals surface area contributed by atoms with E-state index < -0.39 is 0 Å². The van der Waals surface area contributed by atoms with Crippen LogP contribution >= 0.6 is 0 Å². The molecule has 5 rings (SSSR count). The van der Waals surface area contributed by atoms with E-state index in [4.69, 9.17) is 4.42 Å². The van der Waals surface area contributed by atoms with Crippen molar-refractivity contribution in [2.45, 2.75) is 6.92 Å². The number of furan rings is 1. The lowest BCUT2D eigenvalue weighted by Gasteiger charge is -2.03. The molecular formula is C17H12N6O. The Morgan fingerprint density at radius 2 is 1.92 bits per heavy atom. The van der Waals surface area contributed by atoms with Crippen molar-refractivity contribution in [2.75, 3.05) is 0 Å². The van der Waals surface area contributed by atoms with Crippen LogP contribution in [0.3, 0.4) is 0 Å². The molecule has 4 aromatic heterocycles. The summed E-state index contributed by atoms with van der Waals surface area (Å²) in [4.78, 5) is 9.06. The van der Waals surface area contributed by atoms with Crippen LogP contribution in [0.4, 0.5) is 0 Å². The van der Waals surface area contributed by atoms with Crippen LogP contribution in [0.15, 0.2) is 59.6 Å². The molecular weight excluding hydrogens is 304 g/mol. The first-order valence-corrected chi connectivity index (χ1v) is 7.50. The fraction of sp³-hybridized carbons (Fsp3) is 0.0588. The maximum Gasteiger partial charge on any atom is 0.217 e. The smallest absolute Gasteiger partial charge is 0.217 e. The molecule has 116 valence electrons. The summed E-state index contributed by atoms with van der Waals surface area (Å²) in [6, 6.07) is 11.8. The van der Waals surface area contributed by atoms with Gasteiger partial charge in [0.2, 0.25) is 5.82 Å². The molecule has 0 saturated carbocycles. The maximum absolute atomic E-state index is 5.37. The molecule has 0 atom stereocenters. The van der Waals surface area contributed by atoms with Crippen molar-refractivity contribution in [3.05, 3.63) is 60.7 Å². The molecule has 1 aromatic carbocycles. The van der Waals surface area contributed by atoms with Gasteiger partial charge in [0.05, 0.1) is 23.5 Å². The van der Waals surface area contributed by atoms with Crippen LogP contribution < -0.4 is 0 Å². The molecule has 24 heavy (non-hydrogen) atoms. The molecule has 0 N–H and O–H groups in total. The van der Waals surface area contributed by atoms with Crippen molar-refractivity contribution < 1.29 is 4.42 Å². The summed E-state index contributed by atoms with van der Waals surface area (Å²) in [6.07, 6.45) is 5.01. The number of hydrogen-bond acceptors (Lipinski definition) is 5. The number of hydrogen-bond donors (Lipinski definition) is 0. The van der Waals surface area contributed by atoms with Crippen LogP contribution in [-0.2, 0) is 0 Å². The molecule has 0 aliphatic heterocycles. The number of rotatable bonds is 2. The highest BCUT2D eigenvalue weighted by Gasteiger charge is 2.15. The second kappa shape index (κ2) is 4.76. The third kappa shape index (κ3) is 1.84. The molecule has 5 aromatic rings. The second-order valence-corrected chi connectivity index (χ2v) is 5.55. The van der Waals surface area contributed by atoms with Gasteiger partial charge in [-0.05, 0) is 31.2 Å². The SMILES string of the molecule is Cc1ccc(-n2ncc3c2ncn2nc(-c4ccco4)nc32)cc1. The predicted octanol–water partition coefficient (Wildman–Crippen LogP) is 3.03. The zero-order chi connectivity index (χ0) is 16.1. The highest BCUT2D eigenvalue weighted by atomic mass is 16.3. The molecule has 0 radical (unpaired) electrons. The molecule has 0 fully saturated rings. The van der Waals surface area contributed by atoms with E-state index in [0.717, 1.165) is 16.7 Å². The van der Waals surface area contributed by atoms with Gasteiger partial charge in [-0.2, -0.15) is 5.10 Å². The number of fused-ring (bicyclic) bond motifs is 3. The van der Waals surface area contributed by atoms with Crippen LogP contribution in [0.5, 0.6) is 0 Å². The lowest BCUT2D eigenvalue weighted by molar-refractivity contribution is 0.577. The third-order valence-electron chi connectivity index (χ3n) is 3.93. The fourth-order valence-corrected chi connectivity index (χ4v) is 2.71. The number of aryl methyl sites for hydroxylation is 1. The topological polar surface area (TPSA) is 74.0 Å². The third-order valence-corrected chi connectivity index (χ3v) is 3.93. The van der Waals surface area contributed by atoms with Gasteiger partial charge in [-0.1, -0.05) is 17.7 Å². The number of benzene rings is 1. The molecule has 7 heteroatoms. The van der Waals surface area contributed by atoms with Gasteiger partial charge in [-0.3, -0.25) is 0 Å². The van der Waals surface area contributed by atoms with E-state index in [0.29, 0.717) is 17.2 Å². The lowest BCUT2D eigenvalue weighted by Crippen LogP contribution is -1.98. The monoisotopic (exact) mass is 316 g/mol. The summed E-state index contributed by atoms with van der Waals surface area (Å²) in [5.41, 5.74) is 3.60. The van der Waals surface area contributed by atoms with Crippen molar-refractivity contribution in [3.8, 4) is 17.3 Å². The predicted molar refractivity (Wildman–Crippen MR) is 87.8 cm³/mol. The highest BCUT2D eigenvalue weighted by molar-refractivity contribution is 5.89. The molecule has 4 heterocycles. The van der Waals surface area contributed by atoms with Gasteiger partial charge in [-0.25, -0.2) is 19.2 Å². The Bertz CT molecular complexity index is 1150. The zero-order valence-corrected chi connectivity index (χ0v) is 12.8. The van der Waals surface area contributed by atoms with Crippen molar-refractivity contribution in [1.29, 1.82) is 0 Å². The minimum Gasteiger partial charge on any atom is -0.461 e. The largest absolute Gasteiger partial charge is 0.461 e. The average Bonchev–Trinajstić information content (AvgIpc) is 3.33. The Hall–Kier alpha value is -3.48. The zero-order valence-electron chi connectivity index (χ0n) is 12.8. The van der Waals surface area contributed by atoms with Crippen LogP contribution in [0.2, 0.25) is 0 Å². The van der Waals surface area contributed by atoms with E-state index in [9.17, 15) is 0 Å². The molecule has 0 spiro atoms. The lowest BCUT2D eigenvalue weighted by atomic mass is 10.2. The first-order valence-electron chi connectivity index (χ1n) is 7.50. The van der Waals surface area contributed by atoms with Gasteiger partial charge in [0, 0.05) is 0 Å². The van der Waals surface area contributed by atoms with E-state index in [1.165, 1.54) is 5.56 Å². The Labute approximate surface area is 136 Å². The number of nitrogens with zero attached hydrogens (tertiary/aromatic N) is 6.